The predicted molar refractivity (Wildman–Crippen MR) is 44.1 cm³/mol. The van der Waals surface area contributed by atoms with Gasteiger partial charge in [-0.25, -0.2) is 0 Å². The first-order valence-electron chi connectivity index (χ1n) is 4.27. The van der Waals surface area contributed by atoms with Gasteiger partial charge in [-0.15, -0.1) is 0 Å². The van der Waals surface area contributed by atoms with Gasteiger partial charge in [0.1, 0.15) is 0 Å². The summed E-state index contributed by atoms with van der Waals surface area (Å²) < 4.78 is 10.3. The van der Waals surface area contributed by atoms with Gasteiger partial charge in [-0.2, -0.15) is 0 Å². The molecule has 0 aromatic rings. The largest absolute Gasteiger partial charge is 0.476 e. The van der Waals surface area contributed by atoms with E-state index in [1.807, 2.05) is 0 Å². The van der Waals surface area contributed by atoms with Crippen LogP contribution in [0.3, 0.4) is 0 Å². The molecule has 0 aromatic carbocycles. The minimum absolute atomic E-state index is 0.369. The van der Waals surface area contributed by atoms with Gasteiger partial charge in [0.05, 0.1) is 12.4 Å². The van der Waals surface area contributed by atoms with Crippen LogP contribution in [0, 0.1) is 0 Å². The van der Waals surface area contributed by atoms with Gasteiger partial charge in [0, 0.05) is 0 Å². The van der Waals surface area contributed by atoms with Gasteiger partial charge in [-0.05, 0) is 12.8 Å². The first kappa shape index (κ1) is 8.60. The molecule has 0 radical (unpaired) electrons. The standard InChI is InChI=1S/C9H16O2/c1-2-10-8-11-9-6-4-3-5-7-9/h2,9H,1,3-8H2. The van der Waals surface area contributed by atoms with E-state index in [1.165, 1.54) is 38.4 Å². The van der Waals surface area contributed by atoms with E-state index >= 15 is 0 Å². The lowest BCUT2D eigenvalue weighted by Crippen LogP contribution is -2.17. The van der Waals surface area contributed by atoms with E-state index in [-0.39, 0.29) is 0 Å². The Morgan fingerprint density at radius 1 is 1.27 bits per heavy atom. The fraction of sp³-hybridized carbons (Fsp3) is 0.778. The Balaban J connectivity index is 2.00. The number of ether oxygens (including phenoxy) is 2. The van der Waals surface area contributed by atoms with Crippen LogP contribution in [0.5, 0.6) is 0 Å². The van der Waals surface area contributed by atoms with Crippen molar-refractivity contribution in [3.05, 3.63) is 12.8 Å². The molecule has 1 fully saturated rings. The second kappa shape index (κ2) is 5.19. The minimum Gasteiger partial charge on any atom is -0.476 e. The van der Waals surface area contributed by atoms with E-state index in [2.05, 4.69) is 6.58 Å². The Bertz CT molecular complexity index is 106. The van der Waals surface area contributed by atoms with Crippen LogP contribution in [0.25, 0.3) is 0 Å². The van der Waals surface area contributed by atoms with Crippen LogP contribution in [0.15, 0.2) is 12.8 Å². The van der Waals surface area contributed by atoms with Crippen LogP contribution >= 0.6 is 0 Å². The number of hydrogen-bond acceptors (Lipinski definition) is 2. The van der Waals surface area contributed by atoms with Gasteiger partial charge in [0.25, 0.3) is 0 Å². The molecule has 0 heterocycles. The Labute approximate surface area is 68.2 Å². The third-order valence-corrected chi connectivity index (χ3v) is 2.04. The molecule has 0 aromatic heterocycles. The molecule has 0 saturated heterocycles. The van der Waals surface area contributed by atoms with Gasteiger partial charge < -0.3 is 9.47 Å². The Morgan fingerprint density at radius 2 is 2.00 bits per heavy atom. The van der Waals surface area contributed by atoms with Crippen molar-refractivity contribution in [3.63, 3.8) is 0 Å². The highest BCUT2D eigenvalue weighted by atomic mass is 16.7. The molecule has 0 bridgehead atoms. The van der Waals surface area contributed by atoms with E-state index in [4.69, 9.17) is 9.47 Å². The zero-order chi connectivity index (χ0) is 7.94. The van der Waals surface area contributed by atoms with Crippen molar-refractivity contribution < 1.29 is 9.47 Å². The SMILES string of the molecule is C=COCOC1CCCCC1. The molecule has 0 N–H and O–H groups in total. The molecule has 11 heavy (non-hydrogen) atoms. The first-order valence-corrected chi connectivity index (χ1v) is 4.27. The van der Waals surface area contributed by atoms with Crippen molar-refractivity contribution in [2.24, 2.45) is 0 Å². The maximum absolute atomic E-state index is 5.43. The molecule has 1 aliphatic carbocycles. The fourth-order valence-corrected chi connectivity index (χ4v) is 1.42. The lowest BCUT2D eigenvalue weighted by molar-refractivity contribution is -0.0681. The van der Waals surface area contributed by atoms with E-state index in [9.17, 15) is 0 Å². The van der Waals surface area contributed by atoms with Crippen molar-refractivity contribution in [1.82, 2.24) is 0 Å². The van der Waals surface area contributed by atoms with Crippen molar-refractivity contribution in [2.45, 2.75) is 38.2 Å². The highest BCUT2D eigenvalue weighted by molar-refractivity contribution is 4.64. The lowest BCUT2D eigenvalue weighted by Gasteiger charge is -2.21. The molecule has 1 rings (SSSR count). The Morgan fingerprint density at radius 3 is 2.64 bits per heavy atom. The van der Waals surface area contributed by atoms with Crippen LogP contribution in [0.1, 0.15) is 32.1 Å². The zero-order valence-corrected chi connectivity index (χ0v) is 6.92. The van der Waals surface area contributed by atoms with Crippen LogP contribution in [0.2, 0.25) is 0 Å². The van der Waals surface area contributed by atoms with Gasteiger partial charge in [0.2, 0.25) is 0 Å². The van der Waals surface area contributed by atoms with Crippen molar-refractivity contribution in [1.29, 1.82) is 0 Å². The maximum atomic E-state index is 5.43. The first-order chi connectivity index (χ1) is 5.43. The molecule has 1 saturated carbocycles. The molecule has 2 heteroatoms. The molecule has 64 valence electrons. The van der Waals surface area contributed by atoms with E-state index < -0.39 is 0 Å². The molecule has 0 unspecified atom stereocenters. The quantitative estimate of drug-likeness (QED) is 0.353. The van der Waals surface area contributed by atoms with Crippen LogP contribution in [0.4, 0.5) is 0 Å². The predicted octanol–water partition coefficient (Wildman–Crippen LogP) is 2.45. The zero-order valence-electron chi connectivity index (χ0n) is 6.92. The summed E-state index contributed by atoms with van der Waals surface area (Å²) in [6.07, 6.45) is 8.22. The topological polar surface area (TPSA) is 18.5 Å². The minimum atomic E-state index is 0.369. The third kappa shape index (κ3) is 3.42. The van der Waals surface area contributed by atoms with Gasteiger partial charge in [0.15, 0.2) is 6.79 Å². The summed E-state index contributed by atoms with van der Waals surface area (Å²) in [5.41, 5.74) is 0. The summed E-state index contributed by atoms with van der Waals surface area (Å²) in [4.78, 5) is 0. The highest BCUT2D eigenvalue weighted by Gasteiger charge is 2.12. The average molecular weight is 156 g/mol. The molecule has 0 spiro atoms. The summed E-state index contributed by atoms with van der Waals surface area (Å²) in [6.45, 7) is 3.81. The fourth-order valence-electron chi connectivity index (χ4n) is 1.42. The van der Waals surface area contributed by atoms with E-state index in [1.54, 1.807) is 0 Å². The molecule has 1 aliphatic rings. The molecule has 0 aliphatic heterocycles. The normalized spacial score (nSPS) is 19.6. The summed E-state index contributed by atoms with van der Waals surface area (Å²) in [5, 5.41) is 0. The van der Waals surface area contributed by atoms with Crippen molar-refractivity contribution in [3.8, 4) is 0 Å². The van der Waals surface area contributed by atoms with E-state index in [0.29, 0.717) is 12.9 Å². The molecular weight excluding hydrogens is 140 g/mol. The maximum Gasteiger partial charge on any atom is 0.188 e. The summed E-state index contributed by atoms with van der Waals surface area (Å²) in [7, 11) is 0. The number of rotatable bonds is 4. The summed E-state index contributed by atoms with van der Waals surface area (Å²) >= 11 is 0. The van der Waals surface area contributed by atoms with Gasteiger partial charge in [-0.1, -0.05) is 25.8 Å². The molecule has 0 amide bonds. The second-order valence-corrected chi connectivity index (χ2v) is 2.88. The number of hydrogen-bond donors (Lipinski definition) is 0. The molecule has 0 atom stereocenters. The molecular formula is C9H16O2. The van der Waals surface area contributed by atoms with Crippen LogP contribution in [-0.2, 0) is 9.47 Å². The van der Waals surface area contributed by atoms with Crippen LogP contribution < -0.4 is 0 Å². The van der Waals surface area contributed by atoms with Gasteiger partial charge in [-0.3, -0.25) is 0 Å². The van der Waals surface area contributed by atoms with Crippen molar-refractivity contribution in [2.75, 3.05) is 6.79 Å². The summed E-state index contributed by atoms with van der Waals surface area (Å²) in [6, 6.07) is 0. The monoisotopic (exact) mass is 156 g/mol. The third-order valence-electron chi connectivity index (χ3n) is 2.04. The lowest BCUT2D eigenvalue weighted by atomic mass is 9.98. The highest BCUT2D eigenvalue weighted by Crippen LogP contribution is 2.19. The summed E-state index contributed by atoms with van der Waals surface area (Å²) in [5.74, 6) is 0. The Kier molecular flexibility index (Phi) is 4.06. The Hall–Kier alpha value is -0.500. The van der Waals surface area contributed by atoms with E-state index in [0.717, 1.165) is 0 Å². The average Bonchev–Trinajstić information content (AvgIpc) is 2.07. The van der Waals surface area contributed by atoms with Crippen molar-refractivity contribution >= 4 is 0 Å². The molecule has 2 nitrogen and oxygen atoms in total. The second-order valence-electron chi connectivity index (χ2n) is 2.88. The van der Waals surface area contributed by atoms with Crippen LogP contribution in [-0.4, -0.2) is 12.9 Å². The van der Waals surface area contributed by atoms with Gasteiger partial charge >= 0.3 is 0 Å². The smallest absolute Gasteiger partial charge is 0.188 e.